The lowest BCUT2D eigenvalue weighted by Gasteiger charge is -2.32. The van der Waals surface area contributed by atoms with Crippen molar-refractivity contribution in [3.8, 4) is 6.07 Å². The number of hydrogen-bond acceptors (Lipinski definition) is 2. The summed E-state index contributed by atoms with van der Waals surface area (Å²) >= 11 is 0. The number of nitrogens with zero attached hydrogens (tertiary/aromatic N) is 1. The molecule has 1 saturated carbocycles. The Kier molecular flexibility index (Phi) is 4.38. The molecule has 0 saturated heterocycles. The summed E-state index contributed by atoms with van der Waals surface area (Å²) < 4.78 is 38.2. The second kappa shape index (κ2) is 5.39. The molecule has 0 bridgehead atoms. The van der Waals surface area contributed by atoms with Gasteiger partial charge in [0, 0.05) is 5.92 Å². The molecule has 1 aliphatic rings. The predicted octanol–water partition coefficient (Wildman–Crippen LogP) is 2.38. The van der Waals surface area contributed by atoms with Crippen LogP contribution in [0.25, 0.3) is 0 Å². The lowest BCUT2D eigenvalue weighted by atomic mass is 9.78. The van der Waals surface area contributed by atoms with Crippen LogP contribution in [0.3, 0.4) is 0 Å². The van der Waals surface area contributed by atoms with Gasteiger partial charge in [-0.1, -0.05) is 12.8 Å². The zero-order chi connectivity index (χ0) is 13.1. The van der Waals surface area contributed by atoms with Crippen molar-refractivity contribution in [1.29, 1.82) is 5.26 Å². The molecule has 1 N–H and O–H groups in total. The van der Waals surface area contributed by atoms with Gasteiger partial charge in [-0.15, -0.1) is 0 Å². The highest BCUT2D eigenvalue weighted by atomic mass is 19.4. The van der Waals surface area contributed by atoms with Gasteiger partial charge in [-0.3, -0.25) is 4.79 Å². The standard InChI is InChI=1S/C11H15F3N2O/c1-7(6-15)16-10(17)8-4-2-3-5-9(8)11(12,13)14/h7-9H,2-5H2,1H3,(H,16,17). The Bertz CT molecular complexity index is 322. The number of hydrogen-bond donors (Lipinski definition) is 1. The van der Waals surface area contributed by atoms with Crippen LogP contribution in [-0.4, -0.2) is 18.1 Å². The van der Waals surface area contributed by atoms with Crippen LogP contribution in [0, 0.1) is 23.2 Å². The molecule has 0 aliphatic heterocycles. The molecule has 0 heterocycles. The van der Waals surface area contributed by atoms with E-state index < -0.39 is 30.0 Å². The normalized spacial score (nSPS) is 27.0. The van der Waals surface area contributed by atoms with Crippen molar-refractivity contribution in [2.45, 2.75) is 44.8 Å². The van der Waals surface area contributed by atoms with E-state index in [9.17, 15) is 18.0 Å². The number of carbonyl (C=O) groups excluding carboxylic acids is 1. The number of rotatable bonds is 2. The number of nitriles is 1. The predicted molar refractivity (Wildman–Crippen MR) is 54.7 cm³/mol. The summed E-state index contributed by atoms with van der Waals surface area (Å²) in [6, 6.07) is 1.02. The first-order valence-corrected chi connectivity index (χ1v) is 5.63. The Morgan fingerprint density at radius 2 is 2.00 bits per heavy atom. The van der Waals surface area contributed by atoms with Crippen molar-refractivity contribution >= 4 is 5.91 Å². The summed E-state index contributed by atoms with van der Waals surface area (Å²) in [6.07, 6.45) is -2.96. The van der Waals surface area contributed by atoms with Crippen molar-refractivity contribution in [3.05, 3.63) is 0 Å². The highest BCUT2D eigenvalue weighted by Gasteiger charge is 2.48. The third kappa shape index (κ3) is 3.62. The molecule has 1 fully saturated rings. The van der Waals surface area contributed by atoms with E-state index in [2.05, 4.69) is 5.32 Å². The maximum atomic E-state index is 12.7. The van der Waals surface area contributed by atoms with Gasteiger partial charge < -0.3 is 5.32 Å². The monoisotopic (exact) mass is 248 g/mol. The van der Waals surface area contributed by atoms with Gasteiger partial charge in [-0.25, -0.2) is 0 Å². The Morgan fingerprint density at radius 3 is 2.53 bits per heavy atom. The fourth-order valence-corrected chi connectivity index (χ4v) is 2.19. The summed E-state index contributed by atoms with van der Waals surface area (Å²) in [7, 11) is 0. The molecule has 1 amide bonds. The molecule has 1 aliphatic carbocycles. The van der Waals surface area contributed by atoms with Crippen LogP contribution in [0.4, 0.5) is 13.2 Å². The van der Waals surface area contributed by atoms with Crippen molar-refractivity contribution in [2.24, 2.45) is 11.8 Å². The van der Waals surface area contributed by atoms with Gasteiger partial charge in [0.25, 0.3) is 0 Å². The first kappa shape index (κ1) is 13.8. The molecular weight excluding hydrogens is 233 g/mol. The zero-order valence-electron chi connectivity index (χ0n) is 9.55. The molecule has 1 rings (SSSR count). The van der Waals surface area contributed by atoms with Gasteiger partial charge in [0.05, 0.1) is 12.0 Å². The van der Waals surface area contributed by atoms with E-state index in [1.54, 1.807) is 6.07 Å². The molecule has 0 aromatic carbocycles. The molecule has 96 valence electrons. The van der Waals surface area contributed by atoms with Crippen LogP contribution < -0.4 is 5.32 Å². The zero-order valence-corrected chi connectivity index (χ0v) is 9.55. The first-order chi connectivity index (χ1) is 7.86. The third-order valence-electron chi connectivity index (χ3n) is 3.08. The van der Waals surface area contributed by atoms with E-state index in [0.29, 0.717) is 12.8 Å². The van der Waals surface area contributed by atoms with Crippen LogP contribution in [0.5, 0.6) is 0 Å². The van der Waals surface area contributed by atoms with Gasteiger partial charge in [-0.05, 0) is 19.8 Å². The topological polar surface area (TPSA) is 52.9 Å². The minimum Gasteiger partial charge on any atom is -0.340 e. The van der Waals surface area contributed by atoms with Gasteiger partial charge in [0.15, 0.2) is 0 Å². The smallest absolute Gasteiger partial charge is 0.340 e. The van der Waals surface area contributed by atoms with Crippen LogP contribution in [0.2, 0.25) is 0 Å². The van der Waals surface area contributed by atoms with E-state index in [0.717, 1.165) is 0 Å². The molecule has 17 heavy (non-hydrogen) atoms. The molecule has 0 aromatic heterocycles. The Labute approximate surface area is 98.0 Å². The average Bonchev–Trinajstić information content (AvgIpc) is 2.27. The van der Waals surface area contributed by atoms with E-state index in [1.807, 2.05) is 0 Å². The summed E-state index contributed by atoms with van der Waals surface area (Å²) in [6.45, 7) is 1.45. The van der Waals surface area contributed by atoms with E-state index in [4.69, 9.17) is 5.26 Å². The first-order valence-electron chi connectivity index (χ1n) is 5.63. The van der Waals surface area contributed by atoms with Crippen molar-refractivity contribution in [3.63, 3.8) is 0 Å². The molecule has 3 unspecified atom stereocenters. The van der Waals surface area contributed by atoms with Crippen molar-refractivity contribution < 1.29 is 18.0 Å². The van der Waals surface area contributed by atoms with E-state index >= 15 is 0 Å². The maximum absolute atomic E-state index is 12.7. The van der Waals surface area contributed by atoms with Crippen LogP contribution in [0.15, 0.2) is 0 Å². The van der Waals surface area contributed by atoms with Gasteiger partial charge in [-0.2, -0.15) is 18.4 Å². The highest BCUT2D eigenvalue weighted by Crippen LogP contribution is 2.41. The molecule has 3 atom stereocenters. The Balaban J connectivity index is 2.72. The molecule has 6 heteroatoms. The molecule has 0 spiro atoms. The minimum absolute atomic E-state index is 0.00250. The van der Waals surface area contributed by atoms with Gasteiger partial charge >= 0.3 is 6.18 Å². The number of amides is 1. The summed E-state index contributed by atoms with van der Waals surface area (Å²) in [5.74, 6) is -3.26. The summed E-state index contributed by atoms with van der Waals surface area (Å²) in [5, 5.41) is 10.8. The lowest BCUT2D eigenvalue weighted by Crippen LogP contribution is -2.44. The molecular formula is C11H15F3N2O. The number of nitrogens with one attached hydrogen (secondary N) is 1. The van der Waals surface area contributed by atoms with E-state index in [1.165, 1.54) is 6.92 Å². The molecule has 0 aromatic rings. The average molecular weight is 248 g/mol. The van der Waals surface area contributed by atoms with Gasteiger partial charge in [0.2, 0.25) is 5.91 Å². The largest absolute Gasteiger partial charge is 0.392 e. The van der Waals surface area contributed by atoms with Crippen LogP contribution in [-0.2, 0) is 4.79 Å². The minimum atomic E-state index is -4.34. The highest BCUT2D eigenvalue weighted by molar-refractivity contribution is 5.79. The van der Waals surface area contributed by atoms with Crippen molar-refractivity contribution in [2.75, 3.05) is 0 Å². The summed E-state index contributed by atoms with van der Waals surface area (Å²) in [5.41, 5.74) is 0. The number of carbonyl (C=O) groups is 1. The maximum Gasteiger partial charge on any atom is 0.392 e. The number of halogens is 3. The Hall–Kier alpha value is -1.25. The van der Waals surface area contributed by atoms with Gasteiger partial charge in [0.1, 0.15) is 6.04 Å². The second-order valence-electron chi connectivity index (χ2n) is 4.40. The fraction of sp³-hybridized carbons (Fsp3) is 0.818. The fourth-order valence-electron chi connectivity index (χ4n) is 2.19. The summed E-state index contributed by atoms with van der Waals surface area (Å²) in [4.78, 5) is 11.7. The SMILES string of the molecule is CC(C#N)NC(=O)C1CCCCC1C(F)(F)F. The van der Waals surface area contributed by atoms with Crippen LogP contribution in [0.1, 0.15) is 32.6 Å². The quantitative estimate of drug-likeness (QED) is 0.815. The van der Waals surface area contributed by atoms with Crippen molar-refractivity contribution in [1.82, 2.24) is 5.32 Å². The van der Waals surface area contributed by atoms with Crippen LogP contribution >= 0.6 is 0 Å². The third-order valence-corrected chi connectivity index (χ3v) is 3.08. The second-order valence-corrected chi connectivity index (χ2v) is 4.40. The Morgan fingerprint density at radius 1 is 1.41 bits per heavy atom. The molecule has 0 radical (unpaired) electrons. The van der Waals surface area contributed by atoms with E-state index in [-0.39, 0.29) is 12.8 Å². The number of alkyl halides is 3. The lowest BCUT2D eigenvalue weighted by molar-refractivity contribution is -0.198. The molecule has 3 nitrogen and oxygen atoms in total.